The van der Waals surface area contributed by atoms with E-state index in [-0.39, 0.29) is 30.5 Å². The largest absolute Gasteiger partial charge is 0.383 e. The van der Waals surface area contributed by atoms with E-state index in [0.29, 0.717) is 41.5 Å². The van der Waals surface area contributed by atoms with Crippen LogP contribution >= 0.6 is 21.6 Å². The number of amides is 2. The van der Waals surface area contributed by atoms with Crippen molar-refractivity contribution < 1.29 is 14.4 Å². The number of benzene rings is 2. The van der Waals surface area contributed by atoms with Gasteiger partial charge in [0.25, 0.3) is 0 Å². The van der Waals surface area contributed by atoms with Gasteiger partial charge in [-0.2, -0.15) is 0 Å². The first-order chi connectivity index (χ1) is 20.2. The first kappa shape index (κ1) is 32.7. The smallest absolute Gasteiger partial charge is 0.227 e. The molecule has 0 aliphatic rings. The second-order valence-corrected chi connectivity index (χ2v) is 12.3. The fourth-order valence-electron chi connectivity index (χ4n) is 4.20. The maximum atomic E-state index is 13.3. The van der Waals surface area contributed by atoms with Crippen LogP contribution in [-0.2, 0) is 20.9 Å². The molecule has 3 aromatic rings. The highest BCUT2D eigenvalue weighted by Crippen LogP contribution is 2.35. The van der Waals surface area contributed by atoms with E-state index in [1.165, 1.54) is 26.5 Å². The number of rotatable bonds is 16. The molecule has 0 unspecified atom stereocenters. The third kappa shape index (κ3) is 8.86. The van der Waals surface area contributed by atoms with Gasteiger partial charge in [0, 0.05) is 72.5 Å². The zero-order valence-corrected chi connectivity index (χ0v) is 26.4. The van der Waals surface area contributed by atoms with E-state index in [0.717, 1.165) is 34.3 Å². The summed E-state index contributed by atoms with van der Waals surface area (Å²) in [6, 6.07) is 12.3. The normalized spacial score (nSPS) is 11.5. The van der Waals surface area contributed by atoms with Crippen LogP contribution in [0.25, 0.3) is 10.8 Å². The molecule has 3 rings (SSSR count). The molecule has 1 heterocycles. The second kappa shape index (κ2) is 16.0. The molecule has 1 aromatic heterocycles. The zero-order valence-electron chi connectivity index (χ0n) is 24.8. The number of Topliss-reactive ketones (excluding diaryl/α,β-unsaturated/α-hetero) is 1. The summed E-state index contributed by atoms with van der Waals surface area (Å²) in [6.07, 6.45) is 2.82. The second-order valence-electron chi connectivity index (χ2n) is 9.83. The number of ketones is 1. The molecule has 0 atom stereocenters. The van der Waals surface area contributed by atoms with Gasteiger partial charge < -0.3 is 26.2 Å². The number of anilines is 3. The Morgan fingerprint density at radius 1 is 1.10 bits per heavy atom. The Morgan fingerprint density at radius 2 is 1.83 bits per heavy atom. The van der Waals surface area contributed by atoms with Gasteiger partial charge in [0.05, 0.1) is 17.9 Å². The van der Waals surface area contributed by atoms with Gasteiger partial charge in [0.2, 0.25) is 12.3 Å². The number of nitrogens with zero attached hydrogens (tertiary/aromatic N) is 4. The molecule has 2 amide bonds. The van der Waals surface area contributed by atoms with Crippen LogP contribution in [0.2, 0.25) is 0 Å². The Labute approximate surface area is 255 Å². The minimum absolute atomic E-state index is 0.110. The van der Waals surface area contributed by atoms with Crippen molar-refractivity contribution in [3.05, 3.63) is 64.6 Å². The molecule has 224 valence electrons. The van der Waals surface area contributed by atoms with Crippen molar-refractivity contribution in [3.8, 4) is 0 Å². The summed E-state index contributed by atoms with van der Waals surface area (Å²) in [5, 5.41) is 8.45. The van der Waals surface area contributed by atoms with Crippen LogP contribution in [0.15, 0.2) is 53.2 Å². The number of aryl methyl sites for hydroxylation is 1. The predicted octanol–water partition coefficient (Wildman–Crippen LogP) is 4.76. The van der Waals surface area contributed by atoms with E-state index in [4.69, 9.17) is 5.73 Å². The number of nitrogen functional groups attached to an aromatic ring is 1. The van der Waals surface area contributed by atoms with Gasteiger partial charge in [-0.15, -0.1) is 0 Å². The summed E-state index contributed by atoms with van der Waals surface area (Å²) in [5.74, 6) is 0.890. The third-order valence-corrected chi connectivity index (χ3v) is 9.13. The van der Waals surface area contributed by atoms with Crippen LogP contribution in [0, 0.1) is 6.92 Å². The summed E-state index contributed by atoms with van der Waals surface area (Å²) in [4.78, 5) is 50.2. The van der Waals surface area contributed by atoms with Crippen LogP contribution in [-0.4, -0.2) is 65.9 Å². The Morgan fingerprint density at radius 3 is 2.52 bits per heavy atom. The van der Waals surface area contributed by atoms with E-state index in [1.807, 2.05) is 39.2 Å². The lowest BCUT2D eigenvalue weighted by molar-refractivity contribution is -0.126. The number of nitrogens with two attached hydrogens (primary N) is 1. The Bertz CT molecular complexity index is 1450. The summed E-state index contributed by atoms with van der Waals surface area (Å²) in [7, 11) is 6.82. The number of aromatic nitrogens is 2. The van der Waals surface area contributed by atoms with Crippen molar-refractivity contribution in [3.63, 3.8) is 0 Å². The zero-order chi connectivity index (χ0) is 30.6. The van der Waals surface area contributed by atoms with Crippen LogP contribution in [0.4, 0.5) is 17.2 Å². The quantitative estimate of drug-likeness (QED) is 0.0687. The molecule has 0 saturated carbocycles. The summed E-state index contributed by atoms with van der Waals surface area (Å²) < 4.78 is 0. The predicted molar refractivity (Wildman–Crippen MR) is 175 cm³/mol. The average molecular weight is 610 g/mol. The van der Waals surface area contributed by atoms with Crippen LogP contribution < -0.4 is 21.3 Å². The third-order valence-electron chi connectivity index (χ3n) is 6.39. The SMILES string of the molecule is CCCSSC(C(=O)CC(=O)NCCNc1cccc2c(N(C)C)cccc12)=C(C)N(C=O)Cc1cnc(C)nc1N. The standard InChI is InChI=1S/C30H39N7O3S2/c1-6-15-41-42-29(20(2)37(19-38)18-22-17-34-21(3)35-30(22)31)27(39)16-28(40)33-14-13-32-25-11-7-10-24-23(25)9-8-12-26(24)36(4)5/h7-12,17,19,32H,6,13-16,18H2,1-5H3,(H,33,40)(H2,31,34,35). The molecule has 0 bridgehead atoms. The average Bonchev–Trinajstić information content (AvgIpc) is 2.96. The van der Waals surface area contributed by atoms with Crippen LogP contribution in [0.5, 0.6) is 0 Å². The van der Waals surface area contributed by atoms with E-state index < -0.39 is 0 Å². The van der Waals surface area contributed by atoms with Gasteiger partial charge in [0.1, 0.15) is 11.6 Å². The van der Waals surface area contributed by atoms with Gasteiger partial charge >= 0.3 is 0 Å². The number of fused-ring (bicyclic) bond motifs is 1. The monoisotopic (exact) mass is 609 g/mol. The minimum Gasteiger partial charge on any atom is -0.383 e. The molecule has 42 heavy (non-hydrogen) atoms. The van der Waals surface area contributed by atoms with Crippen molar-refractivity contribution in [1.82, 2.24) is 20.2 Å². The molecule has 0 aliphatic heterocycles. The lowest BCUT2D eigenvalue weighted by atomic mass is 10.1. The highest BCUT2D eigenvalue weighted by molar-refractivity contribution is 8.78. The Hall–Kier alpha value is -3.77. The number of carbonyl (C=O) groups is 3. The summed E-state index contributed by atoms with van der Waals surface area (Å²) in [5.41, 5.74) is 9.14. The van der Waals surface area contributed by atoms with Crippen LogP contribution in [0.3, 0.4) is 0 Å². The maximum absolute atomic E-state index is 13.3. The Balaban J connectivity index is 1.64. The van der Waals surface area contributed by atoms with Gasteiger partial charge in [0.15, 0.2) is 5.78 Å². The molecule has 0 spiro atoms. The Kier molecular flexibility index (Phi) is 12.5. The molecule has 4 N–H and O–H groups in total. The number of allylic oxidation sites excluding steroid dienone is 2. The number of hydrogen-bond acceptors (Lipinski definition) is 10. The first-order valence-corrected chi connectivity index (χ1v) is 16.0. The topological polar surface area (TPSA) is 134 Å². The maximum Gasteiger partial charge on any atom is 0.227 e. The molecule has 10 nitrogen and oxygen atoms in total. The summed E-state index contributed by atoms with van der Waals surface area (Å²) >= 11 is 0. The van der Waals surface area contributed by atoms with Crippen molar-refractivity contribution in [2.24, 2.45) is 0 Å². The van der Waals surface area contributed by atoms with Crippen molar-refractivity contribution in [2.45, 2.75) is 40.2 Å². The lowest BCUT2D eigenvalue weighted by Crippen LogP contribution is -2.31. The molecular weight excluding hydrogens is 571 g/mol. The van der Waals surface area contributed by atoms with E-state index in [2.05, 4.69) is 43.7 Å². The van der Waals surface area contributed by atoms with Crippen molar-refractivity contribution >= 4 is 67.7 Å². The van der Waals surface area contributed by atoms with Gasteiger partial charge in [-0.25, -0.2) is 9.97 Å². The molecule has 0 aliphatic carbocycles. The van der Waals surface area contributed by atoms with Crippen molar-refractivity contribution in [1.29, 1.82) is 0 Å². The molecule has 0 radical (unpaired) electrons. The first-order valence-electron chi connectivity index (χ1n) is 13.7. The lowest BCUT2D eigenvalue weighted by Gasteiger charge is -2.21. The fourth-order valence-corrected chi connectivity index (χ4v) is 6.72. The molecule has 2 aromatic carbocycles. The fraction of sp³-hybridized carbons (Fsp3) is 0.367. The molecular formula is C30H39N7O3S2. The number of hydrogen-bond donors (Lipinski definition) is 3. The highest BCUT2D eigenvalue weighted by Gasteiger charge is 2.22. The summed E-state index contributed by atoms with van der Waals surface area (Å²) in [6.45, 7) is 6.42. The highest BCUT2D eigenvalue weighted by atomic mass is 33.1. The molecule has 0 saturated heterocycles. The van der Waals surface area contributed by atoms with Gasteiger partial charge in [-0.05, 0) is 32.4 Å². The minimum atomic E-state index is -0.380. The van der Waals surface area contributed by atoms with Gasteiger partial charge in [-0.3, -0.25) is 14.4 Å². The van der Waals surface area contributed by atoms with Gasteiger partial charge in [-0.1, -0.05) is 52.8 Å². The number of nitrogens with one attached hydrogen (secondary N) is 2. The molecule has 0 fully saturated rings. The molecule has 12 heteroatoms. The number of carbonyl (C=O) groups excluding carboxylic acids is 3. The van der Waals surface area contributed by atoms with E-state index in [1.54, 1.807) is 20.0 Å². The van der Waals surface area contributed by atoms with E-state index in [9.17, 15) is 14.4 Å². The van der Waals surface area contributed by atoms with E-state index >= 15 is 0 Å². The van der Waals surface area contributed by atoms with Crippen LogP contribution in [0.1, 0.15) is 38.1 Å². The van der Waals surface area contributed by atoms with Crippen molar-refractivity contribution in [2.75, 3.05) is 48.9 Å².